The van der Waals surface area contributed by atoms with Crippen LogP contribution in [0, 0.1) is 13.8 Å². The zero-order valence-electron chi connectivity index (χ0n) is 13.2. The standard InChI is InChI=1S/C15H25N3O2.ClH/c1-5-6-7-12(8-16)18-15(20)14-9(2)13(11(4)19)10(3)17-14;/h12,17H,5-8,16H2,1-4H3,(H,18,20);1H. The molecule has 0 saturated heterocycles. The summed E-state index contributed by atoms with van der Waals surface area (Å²) in [5.41, 5.74) is 8.19. The minimum atomic E-state index is -0.190. The number of hydrogen-bond donors (Lipinski definition) is 3. The first-order valence-corrected chi connectivity index (χ1v) is 7.13. The minimum Gasteiger partial charge on any atom is -0.354 e. The maximum atomic E-state index is 12.3. The minimum absolute atomic E-state index is 0. The van der Waals surface area contributed by atoms with Crippen LogP contribution in [-0.4, -0.2) is 29.3 Å². The molecule has 0 saturated carbocycles. The molecular weight excluding hydrogens is 290 g/mol. The van der Waals surface area contributed by atoms with E-state index in [0.717, 1.165) is 25.0 Å². The fourth-order valence-corrected chi connectivity index (χ4v) is 2.46. The summed E-state index contributed by atoms with van der Waals surface area (Å²) in [6, 6.07) is -0.0220. The Kier molecular flexibility index (Phi) is 8.29. The molecule has 0 aliphatic rings. The van der Waals surface area contributed by atoms with E-state index in [0.29, 0.717) is 23.4 Å². The molecule has 1 rings (SSSR count). The van der Waals surface area contributed by atoms with Crippen LogP contribution in [0.5, 0.6) is 0 Å². The average molecular weight is 316 g/mol. The van der Waals surface area contributed by atoms with E-state index in [-0.39, 0.29) is 30.1 Å². The normalized spacial score (nSPS) is 11.7. The molecule has 21 heavy (non-hydrogen) atoms. The lowest BCUT2D eigenvalue weighted by atomic mass is 10.1. The van der Waals surface area contributed by atoms with Crippen LogP contribution >= 0.6 is 12.4 Å². The number of aromatic nitrogens is 1. The van der Waals surface area contributed by atoms with Gasteiger partial charge in [-0.2, -0.15) is 0 Å². The molecule has 0 radical (unpaired) electrons. The van der Waals surface area contributed by atoms with Gasteiger partial charge in [0.05, 0.1) is 0 Å². The second-order valence-corrected chi connectivity index (χ2v) is 5.23. The van der Waals surface area contributed by atoms with Crippen LogP contribution in [0.3, 0.4) is 0 Å². The summed E-state index contributed by atoms with van der Waals surface area (Å²) in [4.78, 5) is 26.9. The van der Waals surface area contributed by atoms with E-state index in [1.807, 2.05) is 0 Å². The molecule has 0 aliphatic heterocycles. The Balaban J connectivity index is 0.00000400. The molecule has 1 atom stereocenters. The summed E-state index contributed by atoms with van der Waals surface area (Å²) in [6.07, 6.45) is 2.97. The molecule has 1 heterocycles. The van der Waals surface area contributed by atoms with Crippen LogP contribution in [0.2, 0.25) is 0 Å². The number of nitrogens with one attached hydrogen (secondary N) is 2. The lowest BCUT2D eigenvalue weighted by molar-refractivity contribution is 0.0930. The fourth-order valence-electron chi connectivity index (χ4n) is 2.46. The van der Waals surface area contributed by atoms with Crippen molar-refractivity contribution in [2.45, 2.75) is 53.0 Å². The predicted octanol–water partition coefficient (Wildman–Crippen LogP) is 2.50. The molecule has 120 valence electrons. The third-order valence-electron chi connectivity index (χ3n) is 3.54. The number of Topliss-reactive ketones (excluding diaryl/α,β-unsaturated/α-hetero) is 1. The quantitative estimate of drug-likeness (QED) is 0.675. The van der Waals surface area contributed by atoms with Gasteiger partial charge in [-0.1, -0.05) is 19.8 Å². The second kappa shape index (κ2) is 8.85. The van der Waals surface area contributed by atoms with Crippen LogP contribution < -0.4 is 11.1 Å². The van der Waals surface area contributed by atoms with E-state index in [4.69, 9.17) is 5.73 Å². The van der Waals surface area contributed by atoms with Gasteiger partial charge in [-0.25, -0.2) is 0 Å². The van der Waals surface area contributed by atoms with E-state index in [9.17, 15) is 9.59 Å². The van der Waals surface area contributed by atoms with Crippen molar-refractivity contribution >= 4 is 24.1 Å². The topological polar surface area (TPSA) is 88.0 Å². The predicted molar refractivity (Wildman–Crippen MR) is 87.4 cm³/mol. The largest absolute Gasteiger partial charge is 0.354 e. The molecule has 0 aromatic carbocycles. The highest BCUT2D eigenvalue weighted by Crippen LogP contribution is 2.18. The SMILES string of the molecule is CCCCC(CN)NC(=O)c1[nH]c(C)c(C(C)=O)c1C.Cl. The third-order valence-corrected chi connectivity index (χ3v) is 3.54. The number of unbranched alkanes of at least 4 members (excludes halogenated alkanes) is 1. The van der Waals surface area contributed by atoms with Crippen molar-refractivity contribution in [3.8, 4) is 0 Å². The molecular formula is C15H26ClN3O2. The second-order valence-electron chi connectivity index (χ2n) is 5.23. The van der Waals surface area contributed by atoms with E-state index in [2.05, 4.69) is 17.2 Å². The van der Waals surface area contributed by atoms with Gasteiger partial charge in [-0.15, -0.1) is 12.4 Å². The highest BCUT2D eigenvalue weighted by Gasteiger charge is 2.21. The summed E-state index contributed by atoms with van der Waals surface area (Å²) < 4.78 is 0. The molecule has 1 aromatic heterocycles. The summed E-state index contributed by atoms with van der Waals surface area (Å²) in [5.74, 6) is -0.221. The van der Waals surface area contributed by atoms with Gasteiger partial charge < -0.3 is 16.0 Å². The summed E-state index contributed by atoms with van der Waals surface area (Å²) in [7, 11) is 0. The number of ketones is 1. The van der Waals surface area contributed by atoms with Gasteiger partial charge >= 0.3 is 0 Å². The number of carbonyl (C=O) groups is 2. The maximum absolute atomic E-state index is 12.3. The molecule has 5 nitrogen and oxygen atoms in total. The number of aromatic amines is 1. The third kappa shape index (κ3) is 4.86. The number of nitrogens with two attached hydrogens (primary N) is 1. The van der Waals surface area contributed by atoms with Crippen LogP contribution in [0.1, 0.15) is 65.2 Å². The van der Waals surface area contributed by atoms with Gasteiger partial charge in [0.25, 0.3) is 5.91 Å². The molecule has 4 N–H and O–H groups in total. The monoisotopic (exact) mass is 315 g/mol. The van der Waals surface area contributed by atoms with Crippen LogP contribution in [0.25, 0.3) is 0 Å². The van der Waals surface area contributed by atoms with E-state index >= 15 is 0 Å². The number of rotatable bonds is 7. The van der Waals surface area contributed by atoms with Crippen molar-refractivity contribution in [1.82, 2.24) is 10.3 Å². The first-order chi connectivity index (χ1) is 9.42. The number of hydrogen-bond acceptors (Lipinski definition) is 3. The molecule has 1 aromatic rings. The Morgan fingerprint density at radius 2 is 1.95 bits per heavy atom. The van der Waals surface area contributed by atoms with Gasteiger partial charge in [0.2, 0.25) is 0 Å². The zero-order chi connectivity index (χ0) is 15.3. The van der Waals surface area contributed by atoms with Gasteiger partial charge in [0.1, 0.15) is 5.69 Å². The zero-order valence-corrected chi connectivity index (χ0v) is 14.0. The van der Waals surface area contributed by atoms with E-state index < -0.39 is 0 Å². The van der Waals surface area contributed by atoms with Crippen molar-refractivity contribution in [2.24, 2.45) is 5.73 Å². The highest BCUT2D eigenvalue weighted by molar-refractivity contribution is 6.02. The van der Waals surface area contributed by atoms with E-state index in [1.165, 1.54) is 6.92 Å². The smallest absolute Gasteiger partial charge is 0.268 e. The molecule has 0 spiro atoms. The lowest BCUT2D eigenvalue weighted by Crippen LogP contribution is -2.40. The fraction of sp³-hybridized carbons (Fsp3) is 0.600. The summed E-state index contributed by atoms with van der Waals surface area (Å²) in [6.45, 7) is 7.63. The molecule has 0 bridgehead atoms. The molecule has 1 unspecified atom stereocenters. The Morgan fingerprint density at radius 3 is 2.38 bits per heavy atom. The molecule has 1 amide bonds. The number of halogens is 1. The number of carbonyl (C=O) groups excluding carboxylic acids is 2. The molecule has 6 heteroatoms. The van der Waals surface area contributed by atoms with Gasteiger partial charge in [-0.05, 0) is 32.8 Å². The number of aryl methyl sites for hydroxylation is 1. The lowest BCUT2D eigenvalue weighted by Gasteiger charge is -2.16. The summed E-state index contributed by atoms with van der Waals surface area (Å²) in [5, 5.41) is 2.93. The van der Waals surface area contributed by atoms with Crippen molar-refractivity contribution in [2.75, 3.05) is 6.54 Å². The molecule has 0 aliphatic carbocycles. The van der Waals surface area contributed by atoms with Crippen molar-refractivity contribution in [3.63, 3.8) is 0 Å². The molecule has 0 fully saturated rings. The number of H-pyrrole nitrogens is 1. The van der Waals surface area contributed by atoms with E-state index in [1.54, 1.807) is 13.8 Å². The van der Waals surface area contributed by atoms with Crippen molar-refractivity contribution in [3.05, 3.63) is 22.5 Å². The summed E-state index contributed by atoms with van der Waals surface area (Å²) >= 11 is 0. The first-order valence-electron chi connectivity index (χ1n) is 7.13. The van der Waals surface area contributed by atoms with Crippen LogP contribution in [0.4, 0.5) is 0 Å². The average Bonchev–Trinajstić information content (AvgIpc) is 2.69. The Morgan fingerprint density at radius 1 is 1.33 bits per heavy atom. The highest BCUT2D eigenvalue weighted by atomic mass is 35.5. The van der Waals surface area contributed by atoms with Crippen LogP contribution in [0.15, 0.2) is 0 Å². The maximum Gasteiger partial charge on any atom is 0.268 e. The Bertz CT molecular complexity index is 497. The first kappa shape index (κ1) is 19.7. The van der Waals surface area contributed by atoms with Crippen molar-refractivity contribution < 1.29 is 9.59 Å². The van der Waals surface area contributed by atoms with Gasteiger partial charge in [0, 0.05) is 23.8 Å². The Hall–Kier alpha value is -1.33. The van der Waals surface area contributed by atoms with Gasteiger partial charge in [0.15, 0.2) is 5.78 Å². The van der Waals surface area contributed by atoms with Crippen LogP contribution in [-0.2, 0) is 0 Å². The van der Waals surface area contributed by atoms with Crippen molar-refractivity contribution in [1.29, 1.82) is 0 Å². The van der Waals surface area contributed by atoms with Gasteiger partial charge in [-0.3, -0.25) is 9.59 Å². The number of amides is 1. The Labute approximate surface area is 132 Å².